The van der Waals surface area contributed by atoms with E-state index in [9.17, 15) is 10.1 Å². The van der Waals surface area contributed by atoms with Gasteiger partial charge in [0, 0.05) is 0 Å². The standard InChI is InChI=1S/C3H9N5O2.ClH/c1-2(4)6-3(5)7-8(9)10;/h2H,4H2,1H3,(H3,5,6,7);1H. The molecule has 0 amide bonds. The average Bonchev–Trinajstić information content (AvgIpc) is 1.58. The number of nitro groups is 1. The fourth-order valence-electron chi connectivity index (χ4n) is 0.342. The molecule has 1 atom stereocenters. The van der Waals surface area contributed by atoms with Crippen LogP contribution < -0.4 is 16.9 Å². The Kier molecular flexibility index (Phi) is 6.50. The van der Waals surface area contributed by atoms with E-state index in [0.717, 1.165) is 0 Å². The molecule has 0 aliphatic carbocycles. The van der Waals surface area contributed by atoms with Crippen LogP contribution in [0.5, 0.6) is 0 Å². The van der Waals surface area contributed by atoms with Crippen LogP contribution in [0.3, 0.4) is 0 Å². The van der Waals surface area contributed by atoms with Gasteiger partial charge < -0.3 is 11.5 Å². The number of guanidine groups is 1. The summed E-state index contributed by atoms with van der Waals surface area (Å²) in [5.74, 6) is -0.292. The Morgan fingerprint density at radius 1 is 1.82 bits per heavy atom. The minimum Gasteiger partial charge on any atom is -0.365 e. The summed E-state index contributed by atoms with van der Waals surface area (Å²) in [6.45, 7) is 1.55. The number of hydrazine groups is 1. The van der Waals surface area contributed by atoms with Crippen molar-refractivity contribution >= 4 is 18.4 Å². The van der Waals surface area contributed by atoms with E-state index in [4.69, 9.17) is 11.5 Å². The summed E-state index contributed by atoms with van der Waals surface area (Å²) in [6.07, 6.45) is -0.535. The normalized spacial score (nSPS) is 13.1. The number of hydrogen-bond donors (Lipinski definition) is 3. The lowest BCUT2D eigenvalue weighted by atomic mass is 10.6. The lowest BCUT2D eigenvalue weighted by Gasteiger charge is -1.97. The van der Waals surface area contributed by atoms with Gasteiger partial charge in [-0.2, -0.15) is 0 Å². The van der Waals surface area contributed by atoms with Crippen molar-refractivity contribution in [3.05, 3.63) is 10.1 Å². The molecular formula is C3H10ClN5O2. The average molecular weight is 184 g/mol. The van der Waals surface area contributed by atoms with E-state index in [1.54, 1.807) is 12.3 Å². The third kappa shape index (κ3) is 8.92. The molecule has 0 aromatic rings. The molecule has 0 fully saturated rings. The van der Waals surface area contributed by atoms with Gasteiger partial charge in [0.05, 0.1) is 6.17 Å². The summed E-state index contributed by atoms with van der Waals surface area (Å²) in [5.41, 5.74) is 11.8. The number of aliphatic imine (C=N–C) groups is 1. The van der Waals surface area contributed by atoms with E-state index < -0.39 is 11.2 Å². The van der Waals surface area contributed by atoms with Crippen LogP contribution in [0, 0.1) is 10.1 Å². The molecule has 0 aliphatic heterocycles. The highest BCUT2D eigenvalue weighted by Crippen LogP contribution is 1.74. The van der Waals surface area contributed by atoms with Gasteiger partial charge >= 0.3 is 0 Å². The Hall–Kier alpha value is -1.08. The Labute approximate surface area is 69.4 Å². The SMILES string of the molecule is CC(N)/N=C(/N)N[N+](=O)[O-].Cl. The van der Waals surface area contributed by atoms with E-state index in [-0.39, 0.29) is 18.4 Å². The molecule has 8 heteroatoms. The van der Waals surface area contributed by atoms with Crippen molar-refractivity contribution in [2.75, 3.05) is 0 Å². The molecule has 0 heterocycles. The minimum atomic E-state index is -0.804. The summed E-state index contributed by atoms with van der Waals surface area (Å²) < 4.78 is 0. The van der Waals surface area contributed by atoms with Crippen LogP contribution in [-0.4, -0.2) is 17.2 Å². The molecule has 0 radical (unpaired) electrons. The maximum atomic E-state index is 9.68. The molecule has 11 heavy (non-hydrogen) atoms. The van der Waals surface area contributed by atoms with Crippen LogP contribution in [0.25, 0.3) is 0 Å². The van der Waals surface area contributed by atoms with Gasteiger partial charge in [-0.15, -0.1) is 12.4 Å². The van der Waals surface area contributed by atoms with Crippen molar-refractivity contribution in [2.45, 2.75) is 13.1 Å². The van der Waals surface area contributed by atoms with Gasteiger partial charge in [-0.05, 0) is 6.92 Å². The molecule has 0 aromatic carbocycles. The van der Waals surface area contributed by atoms with Crippen LogP contribution in [-0.2, 0) is 0 Å². The van der Waals surface area contributed by atoms with E-state index in [1.165, 1.54) is 0 Å². The molecule has 0 bridgehead atoms. The summed E-state index contributed by atoms with van der Waals surface area (Å²) >= 11 is 0. The zero-order valence-corrected chi connectivity index (χ0v) is 6.67. The van der Waals surface area contributed by atoms with E-state index in [1.807, 2.05) is 0 Å². The van der Waals surface area contributed by atoms with Gasteiger partial charge in [0.2, 0.25) is 0 Å². The van der Waals surface area contributed by atoms with Crippen molar-refractivity contribution in [2.24, 2.45) is 16.5 Å². The lowest BCUT2D eigenvalue weighted by Crippen LogP contribution is -2.37. The van der Waals surface area contributed by atoms with Gasteiger partial charge in [0.25, 0.3) is 5.96 Å². The number of nitrogens with two attached hydrogens (primary N) is 2. The van der Waals surface area contributed by atoms with Crippen LogP contribution in [0.15, 0.2) is 4.99 Å². The highest BCUT2D eigenvalue weighted by Gasteiger charge is 1.98. The van der Waals surface area contributed by atoms with Gasteiger partial charge in [0.15, 0.2) is 5.03 Å². The molecule has 0 rings (SSSR count). The summed E-state index contributed by atoms with van der Waals surface area (Å²) in [4.78, 5) is 13.1. The highest BCUT2D eigenvalue weighted by molar-refractivity contribution is 5.85. The van der Waals surface area contributed by atoms with Crippen molar-refractivity contribution in [3.63, 3.8) is 0 Å². The second kappa shape index (κ2) is 5.69. The predicted molar refractivity (Wildman–Crippen MR) is 42.6 cm³/mol. The Morgan fingerprint density at radius 3 is 2.55 bits per heavy atom. The first-order chi connectivity index (χ1) is 4.52. The number of rotatable bonds is 2. The summed E-state index contributed by atoms with van der Waals surface area (Å²) in [5, 5.41) is 8.88. The maximum Gasteiger partial charge on any atom is 0.253 e. The lowest BCUT2D eigenvalue weighted by molar-refractivity contribution is -0.525. The molecule has 0 aliphatic rings. The molecule has 0 aromatic heterocycles. The maximum absolute atomic E-state index is 9.68. The smallest absolute Gasteiger partial charge is 0.253 e. The first-order valence-corrected chi connectivity index (χ1v) is 2.52. The van der Waals surface area contributed by atoms with Crippen molar-refractivity contribution in [3.8, 4) is 0 Å². The fraction of sp³-hybridized carbons (Fsp3) is 0.667. The molecule has 0 spiro atoms. The molecule has 0 saturated carbocycles. The predicted octanol–water partition coefficient (Wildman–Crippen LogP) is -1.19. The zero-order valence-electron chi connectivity index (χ0n) is 5.85. The monoisotopic (exact) mass is 183 g/mol. The quantitative estimate of drug-likeness (QED) is 0.215. The minimum absolute atomic E-state index is 0. The molecular weight excluding hydrogens is 174 g/mol. The third-order valence-electron chi connectivity index (χ3n) is 0.549. The van der Waals surface area contributed by atoms with Crippen LogP contribution in [0.1, 0.15) is 6.92 Å². The van der Waals surface area contributed by atoms with Gasteiger partial charge in [-0.3, -0.25) is 0 Å². The molecule has 1 unspecified atom stereocenters. The first-order valence-electron chi connectivity index (χ1n) is 2.52. The van der Waals surface area contributed by atoms with Crippen molar-refractivity contribution in [1.29, 1.82) is 0 Å². The van der Waals surface area contributed by atoms with Crippen LogP contribution >= 0.6 is 12.4 Å². The van der Waals surface area contributed by atoms with Crippen LogP contribution in [0.4, 0.5) is 0 Å². The number of nitrogens with zero attached hydrogens (tertiary/aromatic N) is 2. The van der Waals surface area contributed by atoms with Crippen molar-refractivity contribution in [1.82, 2.24) is 5.43 Å². The zero-order chi connectivity index (χ0) is 8.15. The summed E-state index contributed by atoms with van der Waals surface area (Å²) in [6, 6.07) is 0. The van der Waals surface area contributed by atoms with E-state index in [0.29, 0.717) is 0 Å². The number of halogens is 1. The highest BCUT2D eigenvalue weighted by atomic mass is 35.5. The van der Waals surface area contributed by atoms with Gasteiger partial charge in [0.1, 0.15) is 0 Å². The van der Waals surface area contributed by atoms with Gasteiger partial charge in [-0.1, -0.05) is 5.43 Å². The van der Waals surface area contributed by atoms with E-state index in [2.05, 4.69) is 4.99 Å². The second-order valence-corrected chi connectivity index (χ2v) is 1.62. The number of hydrogen-bond acceptors (Lipinski definition) is 4. The Bertz CT molecular complexity index is 158. The van der Waals surface area contributed by atoms with Gasteiger partial charge in [-0.25, -0.2) is 15.1 Å². The molecule has 66 valence electrons. The third-order valence-corrected chi connectivity index (χ3v) is 0.549. The largest absolute Gasteiger partial charge is 0.365 e. The van der Waals surface area contributed by atoms with Crippen LogP contribution in [0.2, 0.25) is 0 Å². The second-order valence-electron chi connectivity index (χ2n) is 1.62. The Balaban J connectivity index is 0. The van der Waals surface area contributed by atoms with E-state index >= 15 is 0 Å². The molecule has 0 saturated heterocycles. The fourth-order valence-corrected chi connectivity index (χ4v) is 0.342. The molecule has 5 N–H and O–H groups in total. The first kappa shape index (κ1) is 12.6. The number of nitrogens with one attached hydrogen (secondary N) is 1. The molecule has 7 nitrogen and oxygen atoms in total. The topological polar surface area (TPSA) is 120 Å². The Morgan fingerprint density at radius 2 is 2.27 bits per heavy atom. The van der Waals surface area contributed by atoms with Crippen molar-refractivity contribution < 1.29 is 5.03 Å². The summed E-state index contributed by atoms with van der Waals surface area (Å²) in [7, 11) is 0.